The number of fused-ring (bicyclic) bond motifs is 6. The Balaban J connectivity index is 1.46. The van der Waals surface area contributed by atoms with Crippen molar-refractivity contribution < 1.29 is 52.2 Å². The van der Waals surface area contributed by atoms with Crippen molar-refractivity contribution >= 4 is 22.5 Å². The molecule has 0 saturated carbocycles. The predicted molar refractivity (Wildman–Crippen MR) is 150 cm³/mol. The lowest BCUT2D eigenvalue weighted by Gasteiger charge is -2.45. The van der Waals surface area contributed by atoms with E-state index >= 15 is 0 Å². The number of methoxy groups -OCH3 is 2. The Morgan fingerprint density at radius 3 is 2.58 bits per heavy atom. The summed E-state index contributed by atoms with van der Waals surface area (Å²) in [7, 11) is 3.16. The highest BCUT2D eigenvalue weighted by atomic mass is 16.8. The van der Waals surface area contributed by atoms with Crippen LogP contribution in [0.5, 0.6) is 17.2 Å². The van der Waals surface area contributed by atoms with Crippen LogP contribution in [-0.2, 0) is 39.6 Å². The smallest absolute Gasteiger partial charge is 0.273 e. The van der Waals surface area contributed by atoms with Crippen LogP contribution in [0.2, 0.25) is 0 Å². The second-order valence-corrected chi connectivity index (χ2v) is 11.7. The summed E-state index contributed by atoms with van der Waals surface area (Å²) in [5.74, 6) is -0.574. The van der Waals surface area contributed by atoms with Crippen LogP contribution >= 0.6 is 0 Å². The Morgan fingerprint density at radius 2 is 1.88 bits per heavy atom. The van der Waals surface area contributed by atoms with Crippen molar-refractivity contribution in [2.75, 3.05) is 53.9 Å². The number of Topliss-reactive ketones (excluding diaryl/α,β-unsaturated/α-hetero) is 1. The van der Waals surface area contributed by atoms with E-state index in [1.807, 2.05) is 13.0 Å². The molecular formula is C31H37NO11. The topological polar surface area (TPSA) is 147 Å². The number of amides is 1. The van der Waals surface area contributed by atoms with Gasteiger partial charge in [0.2, 0.25) is 5.91 Å². The van der Waals surface area contributed by atoms with Crippen molar-refractivity contribution in [1.82, 2.24) is 0 Å². The largest absolute Gasteiger partial charge is 0.496 e. The molecule has 3 saturated heterocycles. The van der Waals surface area contributed by atoms with Crippen LogP contribution < -0.4 is 19.9 Å². The number of nitrogens with two attached hydrogens (primary N) is 1. The summed E-state index contributed by atoms with van der Waals surface area (Å²) in [6, 6.07) is 2.00. The first-order valence-electron chi connectivity index (χ1n) is 14.8. The Kier molecular flexibility index (Phi) is 7.26. The molecule has 2 aromatic carbocycles. The zero-order valence-corrected chi connectivity index (χ0v) is 24.7. The van der Waals surface area contributed by atoms with Crippen molar-refractivity contribution in [3.63, 3.8) is 0 Å². The fourth-order valence-corrected chi connectivity index (χ4v) is 7.06. The lowest BCUT2D eigenvalue weighted by atomic mass is 9.81. The number of carbonyl (C=O) groups is 2. The van der Waals surface area contributed by atoms with Gasteiger partial charge in [-0.15, -0.1) is 0 Å². The van der Waals surface area contributed by atoms with Gasteiger partial charge in [-0.05, 0) is 37.8 Å². The molecule has 0 radical (unpaired) electrons. The Morgan fingerprint density at radius 1 is 1.09 bits per heavy atom. The number of ether oxygens (including phenoxy) is 9. The van der Waals surface area contributed by atoms with E-state index in [2.05, 4.69) is 0 Å². The second-order valence-electron chi connectivity index (χ2n) is 11.7. The van der Waals surface area contributed by atoms with Crippen LogP contribution in [0.4, 0.5) is 0 Å². The van der Waals surface area contributed by atoms with Gasteiger partial charge in [0.15, 0.2) is 23.8 Å². The van der Waals surface area contributed by atoms with Crippen LogP contribution in [0.1, 0.15) is 58.8 Å². The summed E-state index contributed by atoms with van der Waals surface area (Å²) in [6.45, 7) is 3.94. The highest BCUT2D eigenvalue weighted by Gasteiger charge is 2.76. The first-order valence-corrected chi connectivity index (χ1v) is 14.8. The number of aryl methyl sites for hydroxylation is 1. The SMILES string of the molecule is COc1c2c(c(OCCC(N)=O)c3c4c(c(C)cc13)[C@H](OCC1OCCCO1)[C@@H]1OC[C@]3(CO3)[C@]1(OC)O4)C(=O)CCC2. The molecule has 7 rings (SSSR count). The van der Waals surface area contributed by atoms with Gasteiger partial charge in [-0.25, -0.2) is 0 Å². The van der Waals surface area contributed by atoms with Crippen molar-refractivity contribution in [1.29, 1.82) is 0 Å². The summed E-state index contributed by atoms with van der Waals surface area (Å²) in [6.07, 6.45) is 0.645. The Labute approximate surface area is 248 Å². The van der Waals surface area contributed by atoms with Crippen LogP contribution in [0.3, 0.4) is 0 Å². The van der Waals surface area contributed by atoms with Gasteiger partial charge in [0.05, 0.1) is 64.1 Å². The average Bonchev–Trinajstić information content (AvgIpc) is 3.73. The van der Waals surface area contributed by atoms with Crippen molar-refractivity contribution in [2.24, 2.45) is 5.73 Å². The monoisotopic (exact) mass is 599 g/mol. The zero-order chi connectivity index (χ0) is 29.9. The number of primary amides is 1. The molecule has 4 aliphatic heterocycles. The molecule has 4 heterocycles. The third kappa shape index (κ3) is 4.41. The quantitative estimate of drug-likeness (QED) is 0.425. The molecule has 232 valence electrons. The predicted octanol–water partition coefficient (Wildman–Crippen LogP) is 2.65. The number of hydrogen-bond donors (Lipinski definition) is 1. The minimum Gasteiger partial charge on any atom is -0.496 e. The number of hydrogen-bond acceptors (Lipinski definition) is 11. The summed E-state index contributed by atoms with van der Waals surface area (Å²) in [5, 5.41) is 1.25. The molecule has 43 heavy (non-hydrogen) atoms. The molecule has 2 aromatic rings. The van der Waals surface area contributed by atoms with Crippen LogP contribution in [-0.4, -0.2) is 89.3 Å². The number of benzene rings is 2. The third-order valence-electron chi connectivity index (χ3n) is 9.13. The molecule has 12 heteroatoms. The Bertz CT molecular complexity index is 1460. The average molecular weight is 600 g/mol. The molecule has 0 unspecified atom stereocenters. The molecule has 1 spiro atoms. The van der Waals surface area contributed by atoms with E-state index in [1.165, 1.54) is 0 Å². The molecule has 4 atom stereocenters. The van der Waals surface area contributed by atoms with Crippen molar-refractivity contribution in [3.8, 4) is 17.2 Å². The van der Waals surface area contributed by atoms with Gasteiger partial charge < -0.3 is 48.4 Å². The van der Waals surface area contributed by atoms with Gasteiger partial charge in [0.1, 0.15) is 23.4 Å². The highest BCUT2D eigenvalue weighted by Crippen LogP contribution is 2.61. The maximum atomic E-state index is 13.5. The van der Waals surface area contributed by atoms with Gasteiger partial charge >= 0.3 is 0 Å². The van der Waals surface area contributed by atoms with Crippen LogP contribution in [0, 0.1) is 6.92 Å². The maximum Gasteiger partial charge on any atom is 0.273 e. The van der Waals surface area contributed by atoms with E-state index < -0.39 is 35.8 Å². The summed E-state index contributed by atoms with van der Waals surface area (Å²) < 4.78 is 55.8. The lowest BCUT2D eigenvalue weighted by molar-refractivity contribution is -0.267. The molecule has 5 aliphatic rings. The first kappa shape index (κ1) is 28.8. The van der Waals surface area contributed by atoms with E-state index in [0.717, 1.165) is 23.1 Å². The maximum absolute atomic E-state index is 13.5. The van der Waals surface area contributed by atoms with Crippen molar-refractivity contribution in [2.45, 2.75) is 68.9 Å². The van der Waals surface area contributed by atoms with Gasteiger partial charge in [-0.2, -0.15) is 0 Å². The second kappa shape index (κ2) is 10.9. The molecular weight excluding hydrogens is 562 g/mol. The van der Waals surface area contributed by atoms with E-state index in [-0.39, 0.29) is 32.0 Å². The minimum atomic E-state index is -1.35. The summed E-state index contributed by atoms with van der Waals surface area (Å²) in [5.41, 5.74) is 7.42. The minimum absolute atomic E-state index is 0.0103. The van der Waals surface area contributed by atoms with Gasteiger partial charge in [-0.3, -0.25) is 9.59 Å². The molecule has 2 N–H and O–H groups in total. The van der Waals surface area contributed by atoms with Gasteiger partial charge in [0, 0.05) is 30.0 Å². The Hall–Kier alpha value is -3.00. The molecule has 12 nitrogen and oxygen atoms in total. The first-order chi connectivity index (χ1) is 20.8. The molecule has 1 amide bonds. The number of rotatable bonds is 9. The molecule has 1 aliphatic carbocycles. The van der Waals surface area contributed by atoms with E-state index in [9.17, 15) is 9.59 Å². The molecule has 0 aromatic heterocycles. The van der Waals surface area contributed by atoms with Gasteiger partial charge in [-0.1, -0.05) is 0 Å². The van der Waals surface area contributed by atoms with Crippen molar-refractivity contribution in [3.05, 3.63) is 28.3 Å². The lowest BCUT2D eigenvalue weighted by Crippen LogP contribution is -2.60. The summed E-state index contributed by atoms with van der Waals surface area (Å²) >= 11 is 0. The molecule has 0 bridgehead atoms. The number of epoxide rings is 1. The van der Waals surface area contributed by atoms with E-state index in [4.69, 9.17) is 48.4 Å². The number of ketones is 1. The zero-order valence-electron chi connectivity index (χ0n) is 24.7. The fraction of sp³-hybridized carbons (Fsp3) is 0.613. The van der Waals surface area contributed by atoms with Crippen LogP contribution in [0.25, 0.3) is 10.8 Å². The van der Waals surface area contributed by atoms with Crippen LogP contribution in [0.15, 0.2) is 6.07 Å². The number of carbonyl (C=O) groups excluding carboxylic acids is 2. The van der Waals surface area contributed by atoms with Gasteiger partial charge in [0.25, 0.3) is 5.79 Å². The third-order valence-corrected chi connectivity index (χ3v) is 9.13. The standard InChI is InChI=1S/C31H37NO11/c1-16-12-18-24(26(39-11-8-20(32)34)23-17(25(18)35-2)6-4-7-19(23)33)27-22(16)28(40-13-21-37-9-5-10-38-21)29-31(36-3,43-27)30(14-41-29)15-42-30/h12,21,28-29H,4-11,13-15H2,1-3H3,(H2,32,34)/t28-,29-,30-,31+/m0/s1. The molecule has 3 fully saturated rings. The normalized spacial score (nSPS) is 29.6. The fourth-order valence-electron chi connectivity index (χ4n) is 7.06. The van der Waals surface area contributed by atoms with E-state index in [1.54, 1.807) is 14.2 Å². The summed E-state index contributed by atoms with van der Waals surface area (Å²) in [4.78, 5) is 25.2. The highest BCUT2D eigenvalue weighted by molar-refractivity contribution is 6.12. The van der Waals surface area contributed by atoms with E-state index in [0.29, 0.717) is 72.7 Å².